The van der Waals surface area contributed by atoms with Crippen LogP contribution in [0.25, 0.3) is 11.0 Å². The summed E-state index contributed by atoms with van der Waals surface area (Å²) in [6.45, 7) is 0. The highest BCUT2D eigenvalue weighted by Gasteiger charge is 2.60. The first-order valence-corrected chi connectivity index (χ1v) is 8.10. The van der Waals surface area contributed by atoms with E-state index >= 15 is 0 Å². The summed E-state index contributed by atoms with van der Waals surface area (Å²) in [4.78, 5) is 24.3. The molecule has 1 aliphatic rings. The van der Waals surface area contributed by atoms with E-state index in [1.165, 1.54) is 7.11 Å². The lowest BCUT2D eigenvalue weighted by molar-refractivity contribution is -0.165. The molecule has 0 aliphatic heterocycles. The summed E-state index contributed by atoms with van der Waals surface area (Å²) < 4.78 is 11.0. The van der Waals surface area contributed by atoms with Crippen LogP contribution in [0.2, 0.25) is 0 Å². The molecule has 0 bridgehead atoms. The van der Waals surface area contributed by atoms with E-state index in [1.54, 1.807) is 30.3 Å². The molecule has 6 heteroatoms. The van der Waals surface area contributed by atoms with Gasteiger partial charge in [-0.05, 0) is 23.8 Å². The van der Waals surface area contributed by atoms with Gasteiger partial charge in [0, 0.05) is 23.3 Å². The second kappa shape index (κ2) is 5.62. The van der Waals surface area contributed by atoms with Crippen molar-refractivity contribution in [3.05, 3.63) is 65.4 Å². The van der Waals surface area contributed by atoms with Gasteiger partial charge in [-0.1, -0.05) is 30.3 Å². The maximum atomic E-state index is 12.1. The number of benzene rings is 2. The van der Waals surface area contributed by atoms with E-state index < -0.39 is 23.3 Å². The summed E-state index contributed by atoms with van der Waals surface area (Å²) in [5, 5.41) is 20.5. The van der Waals surface area contributed by atoms with Gasteiger partial charge in [-0.2, -0.15) is 0 Å². The molecular formula is C20H16O6. The molecule has 0 fully saturated rings. The number of rotatable bonds is 4. The van der Waals surface area contributed by atoms with Crippen molar-refractivity contribution in [2.45, 2.75) is 12.3 Å². The Labute approximate surface area is 148 Å². The summed E-state index contributed by atoms with van der Waals surface area (Å²) in [6.07, 6.45) is -0.196. The molecule has 26 heavy (non-hydrogen) atoms. The highest BCUT2D eigenvalue weighted by Crippen LogP contribution is 2.54. The van der Waals surface area contributed by atoms with E-state index in [9.17, 15) is 19.8 Å². The predicted octanol–water partition coefficient (Wildman–Crippen LogP) is 3.29. The molecule has 0 spiro atoms. The van der Waals surface area contributed by atoms with Gasteiger partial charge in [-0.3, -0.25) is 9.59 Å². The standard InChI is InChI=1S/C20H16O6/c1-25-12-8-6-11(7-9-12)17-16-13-4-2-3-5-14(13)26-15(16)10-20(17,18(21)22)19(23)24/h2-9,17H,10H2,1H3,(H,21,22)(H,23,24). The van der Waals surface area contributed by atoms with E-state index in [2.05, 4.69) is 0 Å². The maximum absolute atomic E-state index is 12.1. The smallest absolute Gasteiger partial charge is 0.322 e. The zero-order valence-corrected chi connectivity index (χ0v) is 13.9. The Morgan fingerprint density at radius 1 is 1.08 bits per heavy atom. The van der Waals surface area contributed by atoms with Gasteiger partial charge in [0.2, 0.25) is 0 Å². The molecule has 4 rings (SSSR count). The molecule has 0 radical (unpaired) electrons. The summed E-state index contributed by atoms with van der Waals surface area (Å²) in [5.74, 6) is -2.58. The van der Waals surface area contributed by atoms with Crippen molar-refractivity contribution in [3.8, 4) is 5.75 Å². The van der Waals surface area contributed by atoms with E-state index in [-0.39, 0.29) is 6.42 Å². The number of ether oxygens (including phenoxy) is 1. The molecule has 0 saturated carbocycles. The van der Waals surface area contributed by atoms with Crippen molar-refractivity contribution in [2.24, 2.45) is 5.41 Å². The fraction of sp³-hybridized carbons (Fsp3) is 0.200. The summed E-state index contributed by atoms with van der Waals surface area (Å²) in [7, 11) is 1.53. The molecule has 2 N–H and O–H groups in total. The first kappa shape index (κ1) is 16.2. The van der Waals surface area contributed by atoms with Crippen LogP contribution in [0.1, 0.15) is 22.8 Å². The minimum Gasteiger partial charge on any atom is -0.497 e. The third-order valence-electron chi connectivity index (χ3n) is 5.14. The lowest BCUT2D eigenvalue weighted by Crippen LogP contribution is -2.43. The highest BCUT2D eigenvalue weighted by molar-refractivity contribution is 6.03. The summed E-state index contributed by atoms with van der Waals surface area (Å²) >= 11 is 0. The van der Waals surface area contributed by atoms with Gasteiger partial charge in [0.25, 0.3) is 0 Å². The molecule has 1 aromatic heterocycles. The summed E-state index contributed by atoms with van der Waals surface area (Å²) in [5.41, 5.74) is -0.149. The lowest BCUT2D eigenvalue weighted by Gasteiger charge is -2.28. The Hall–Kier alpha value is -3.28. The SMILES string of the molecule is COc1ccc(C2c3c(oc4ccccc34)CC2(C(=O)O)C(=O)O)cc1. The molecular weight excluding hydrogens is 336 g/mol. The first-order chi connectivity index (χ1) is 12.5. The van der Waals surface area contributed by atoms with Crippen molar-refractivity contribution < 1.29 is 29.0 Å². The number of carboxylic acid groups (broad SMARTS) is 2. The van der Waals surface area contributed by atoms with Crippen LogP contribution < -0.4 is 4.74 Å². The van der Waals surface area contributed by atoms with Gasteiger partial charge in [-0.25, -0.2) is 0 Å². The molecule has 1 atom stereocenters. The molecule has 132 valence electrons. The minimum atomic E-state index is -2.01. The number of hydrogen-bond acceptors (Lipinski definition) is 4. The lowest BCUT2D eigenvalue weighted by atomic mass is 9.72. The molecule has 1 heterocycles. The molecule has 1 aliphatic carbocycles. The molecule has 1 unspecified atom stereocenters. The Balaban J connectivity index is 2.00. The Bertz CT molecular complexity index is 1000. The third kappa shape index (κ3) is 2.05. The van der Waals surface area contributed by atoms with E-state index in [0.29, 0.717) is 28.2 Å². The third-order valence-corrected chi connectivity index (χ3v) is 5.14. The number of para-hydroxylation sites is 1. The van der Waals surface area contributed by atoms with Gasteiger partial charge in [0.05, 0.1) is 7.11 Å². The van der Waals surface area contributed by atoms with Crippen LogP contribution in [0, 0.1) is 5.41 Å². The first-order valence-electron chi connectivity index (χ1n) is 8.10. The molecule has 3 aromatic rings. The number of hydrogen-bond donors (Lipinski definition) is 2. The second-order valence-corrected chi connectivity index (χ2v) is 6.40. The largest absolute Gasteiger partial charge is 0.497 e. The molecule has 0 amide bonds. The van der Waals surface area contributed by atoms with Gasteiger partial charge >= 0.3 is 11.9 Å². The summed E-state index contributed by atoms with van der Waals surface area (Å²) in [6, 6.07) is 14.1. The molecule has 6 nitrogen and oxygen atoms in total. The van der Waals surface area contributed by atoms with E-state index in [0.717, 1.165) is 5.39 Å². The van der Waals surface area contributed by atoms with Crippen molar-refractivity contribution in [1.29, 1.82) is 0 Å². The van der Waals surface area contributed by atoms with Crippen LogP contribution in [-0.4, -0.2) is 29.3 Å². The number of fused-ring (bicyclic) bond motifs is 3. The van der Waals surface area contributed by atoms with Gasteiger partial charge in [-0.15, -0.1) is 0 Å². The van der Waals surface area contributed by atoms with Crippen molar-refractivity contribution in [1.82, 2.24) is 0 Å². The second-order valence-electron chi connectivity index (χ2n) is 6.40. The van der Waals surface area contributed by atoms with Gasteiger partial charge in [0.15, 0.2) is 5.41 Å². The quantitative estimate of drug-likeness (QED) is 0.700. The fourth-order valence-electron chi connectivity index (χ4n) is 3.90. The molecule has 0 saturated heterocycles. The maximum Gasteiger partial charge on any atom is 0.322 e. The van der Waals surface area contributed by atoms with Crippen molar-refractivity contribution in [2.75, 3.05) is 7.11 Å². The van der Waals surface area contributed by atoms with Crippen LogP contribution in [0.4, 0.5) is 0 Å². The highest BCUT2D eigenvalue weighted by atomic mass is 16.5. The Morgan fingerprint density at radius 3 is 2.35 bits per heavy atom. The Kier molecular flexibility index (Phi) is 3.50. The number of carboxylic acids is 2. The van der Waals surface area contributed by atoms with E-state index in [4.69, 9.17) is 9.15 Å². The zero-order chi connectivity index (χ0) is 18.5. The minimum absolute atomic E-state index is 0.196. The van der Waals surface area contributed by atoms with Crippen LogP contribution >= 0.6 is 0 Å². The van der Waals surface area contributed by atoms with Crippen molar-refractivity contribution in [3.63, 3.8) is 0 Å². The van der Waals surface area contributed by atoms with Crippen LogP contribution in [0.15, 0.2) is 52.9 Å². The number of methoxy groups -OCH3 is 1. The van der Waals surface area contributed by atoms with Gasteiger partial charge in [0.1, 0.15) is 17.1 Å². The fourth-order valence-corrected chi connectivity index (χ4v) is 3.90. The number of furan rings is 1. The van der Waals surface area contributed by atoms with E-state index in [1.807, 2.05) is 18.2 Å². The van der Waals surface area contributed by atoms with Crippen molar-refractivity contribution >= 4 is 22.9 Å². The zero-order valence-electron chi connectivity index (χ0n) is 13.9. The average Bonchev–Trinajstić information content (AvgIpc) is 3.15. The van der Waals surface area contributed by atoms with Crippen LogP contribution in [-0.2, 0) is 16.0 Å². The monoisotopic (exact) mass is 352 g/mol. The van der Waals surface area contributed by atoms with Gasteiger partial charge < -0.3 is 19.4 Å². The number of aliphatic carboxylic acids is 2. The number of carbonyl (C=O) groups is 2. The Morgan fingerprint density at radius 2 is 1.73 bits per heavy atom. The topological polar surface area (TPSA) is 97.0 Å². The normalized spacial score (nSPS) is 17.8. The average molecular weight is 352 g/mol. The predicted molar refractivity (Wildman–Crippen MR) is 92.5 cm³/mol. The molecule has 2 aromatic carbocycles. The van der Waals surface area contributed by atoms with Crippen LogP contribution in [0.5, 0.6) is 5.75 Å². The van der Waals surface area contributed by atoms with Crippen LogP contribution in [0.3, 0.4) is 0 Å².